The average molecular weight is 193 g/mol. The Kier molecular flexibility index (Phi) is 2.44. The molecule has 0 bridgehead atoms. The molecule has 1 aliphatic carbocycles. The molecule has 0 atom stereocenters. The van der Waals surface area contributed by atoms with Gasteiger partial charge in [-0.05, 0) is 18.9 Å². The Hall–Kier alpha value is -1.06. The third kappa shape index (κ3) is 1.89. The summed E-state index contributed by atoms with van der Waals surface area (Å²) in [5, 5.41) is 21.8. The van der Waals surface area contributed by atoms with Crippen LogP contribution in [0.2, 0.25) is 0 Å². The standard InChI is InChI=1S/C11H15NO2/c13-8-11(5-6-11)12-7-9-3-1-2-4-10(9)14/h1-4,12-14H,5-8H2. The summed E-state index contributed by atoms with van der Waals surface area (Å²) in [5.41, 5.74) is 0.815. The molecule has 0 aliphatic heterocycles. The maximum absolute atomic E-state index is 9.50. The van der Waals surface area contributed by atoms with Crippen LogP contribution in [0, 0.1) is 0 Å². The van der Waals surface area contributed by atoms with E-state index >= 15 is 0 Å². The fraction of sp³-hybridized carbons (Fsp3) is 0.455. The molecule has 1 aromatic carbocycles. The van der Waals surface area contributed by atoms with Gasteiger partial charge in [0.2, 0.25) is 0 Å². The van der Waals surface area contributed by atoms with E-state index in [2.05, 4.69) is 5.32 Å². The minimum atomic E-state index is -0.0672. The van der Waals surface area contributed by atoms with E-state index in [1.54, 1.807) is 12.1 Å². The number of hydrogen-bond acceptors (Lipinski definition) is 3. The number of aromatic hydroxyl groups is 1. The van der Waals surface area contributed by atoms with E-state index in [4.69, 9.17) is 5.11 Å². The second-order valence-electron chi connectivity index (χ2n) is 3.92. The summed E-state index contributed by atoms with van der Waals surface area (Å²) in [6.07, 6.45) is 2.05. The van der Waals surface area contributed by atoms with Gasteiger partial charge in [0.1, 0.15) is 5.75 Å². The monoisotopic (exact) mass is 193 g/mol. The molecule has 1 aromatic rings. The van der Waals surface area contributed by atoms with Crippen molar-refractivity contribution in [1.29, 1.82) is 0 Å². The molecule has 1 aliphatic rings. The molecule has 14 heavy (non-hydrogen) atoms. The largest absolute Gasteiger partial charge is 0.508 e. The molecule has 0 spiro atoms. The highest BCUT2D eigenvalue weighted by molar-refractivity contribution is 5.31. The lowest BCUT2D eigenvalue weighted by Gasteiger charge is -2.14. The highest BCUT2D eigenvalue weighted by Crippen LogP contribution is 2.35. The first-order chi connectivity index (χ1) is 6.76. The van der Waals surface area contributed by atoms with Crippen molar-refractivity contribution < 1.29 is 10.2 Å². The topological polar surface area (TPSA) is 52.5 Å². The van der Waals surface area contributed by atoms with Crippen LogP contribution in [0.15, 0.2) is 24.3 Å². The fourth-order valence-corrected chi connectivity index (χ4v) is 1.48. The van der Waals surface area contributed by atoms with Gasteiger partial charge in [-0.2, -0.15) is 0 Å². The number of hydrogen-bond donors (Lipinski definition) is 3. The third-order valence-corrected chi connectivity index (χ3v) is 2.80. The molecule has 1 fully saturated rings. The molecule has 2 rings (SSSR count). The number of para-hydroxylation sites is 1. The minimum Gasteiger partial charge on any atom is -0.508 e. The zero-order chi connectivity index (χ0) is 10.0. The van der Waals surface area contributed by atoms with Crippen molar-refractivity contribution >= 4 is 0 Å². The van der Waals surface area contributed by atoms with Crippen LogP contribution in [-0.2, 0) is 6.54 Å². The van der Waals surface area contributed by atoms with Crippen molar-refractivity contribution in [2.75, 3.05) is 6.61 Å². The molecule has 3 N–H and O–H groups in total. The number of benzene rings is 1. The second-order valence-corrected chi connectivity index (χ2v) is 3.92. The van der Waals surface area contributed by atoms with E-state index in [-0.39, 0.29) is 12.1 Å². The van der Waals surface area contributed by atoms with Crippen LogP contribution < -0.4 is 5.32 Å². The van der Waals surface area contributed by atoms with Gasteiger partial charge in [0.05, 0.1) is 6.61 Å². The van der Waals surface area contributed by atoms with Crippen molar-refractivity contribution in [3.8, 4) is 5.75 Å². The summed E-state index contributed by atoms with van der Waals surface area (Å²) in [6.45, 7) is 0.799. The fourth-order valence-electron chi connectivity index (χ4n) is 1.48. The Morgan fingerprint density at radius 3 is 2.57 bits per heavy atom. The first-order valence-electron chi connectivity index (χ1n) is 4.88. The number of aliphatic hydroxyl groups excluding tert-OH is 1. The van der Waals surface area contributed by atoms with Gasteiger partial charge in [0, 0.05) is 17.6 Å². The molecule has 0 amide bonds. The zero-order valence-corrected chi connectivity index (χ0v) is 8.03. The van der Waals surface area contributed by atoms with Gasteiger partial charge in [-0.25, -0.2) is 0 Å². The van der Waals surface area contributed by atoms with Crippen molar-refractivity contribution in [3.05, 3.63) is 29.8 Å². The third-order valence-electron chi connectivity index (χ3n) is 2.80. The minimum absolute atomic E-state index is 0.0672. The van der Waals surface area contributed by atoms with Gasteiger partial charge >= 0.3 is 0 Å². The van der Waals surface area contributed by atoms with Gasteiger partial charge in [-0.1, -0.05) is 18.2 Å². The smallest absolute Gasteiger partial charge is 0.120 e. The van der Waals surface area contributed by atoms with Crippen LogP contribution in [0.5, 0.6) is 5.75 Å². The van der Waals surface area contributed by atoms with E-state index in [9.17, 15) is 5.11 Å². The summed E-state index contributed by atoms with van der Waals surface area (Å²) >= 11 is 0. The van der Waals surface area contributed by atoms with Gasteiger partial charge in [-0.3, -0.25) is 0 Å². The summed E-state index contributed by atoms with van der Waals surface area (Å²) in [6, 6.07) is 7.26. The van der Waals surface area contributed by atoms with Crippen LogP contribution in [-0.4, -0.2) is 22.4 Å². The van der Waals surface area contributed by atoms with Crippen LogP contribution >= 0.6 is 0 Å². The molecule has 3 heteroatoms. The lowest BCUT2D eigenvalue weighted by atomic mass is 10.2. The van der Waals surface area contributed by atoms with Crippen molar-refractivity contribution in [1.82, 2.24) is 5.32 Å². The van der Waals surface area contributed by atoms with Crippen molar-refractivity contribution in [3.63, 3.8) is 0 Å². The molecule has 0 aromatic heterocycles. The Morgan fingerprint density at radius 2 is 2.00 bits per heavy atom. The number of aliphatic hydroxyl groups is 1. The molecule has 0 saturated heterocycles. The molecule has 76 valence electrons. The van der Waals surface area contributed by atoms with Gasteiger partial charge < -0.3 is 15.5 Å². The molecular formula is C11H15NO2. The van der Waals surface area contributed by atoms with Gasteiger partial charge in [-0.15, -0.1) is 0 Å². The average Bonchev–Trinajstić information content (AvgIpc) is 2.98. The van der Waals surface area contributed by atoms with Crippen LogP contribution in [0.3, 0.4) is 0 Å². The number of rotatable bonds is 4. The Balaban J connectivity index is 1.95. The predicted molar refractivity (Wildman–Crippen MR) is 54.0 cm³/mol. The van der Waals surface area contributed by atoms with E-state index in [0.29, 0.717) is 12.3 Å². The summed E-state index contributed by atoms with van der Waals surface area (Å²) in [7, 11) is 0. The highest BCUT2D eigenvalue weighted by Gasteiger charge is 2.41. The molecule has 3 nitrogen and oxygen atoms in total. The summed E-state index contributed by atoms with van der Waals surface area (Å²) in [5.74, 6) is 0.314. The van der Waals surface area contributed by atoms with Crippen LogP contribution in [0.4, 0.5) is 0 Å². The lowest BCUT2D eigenvalue weighted by molar-refractivity contribution is 0.229. The van der Waals surface area contributed by atoms with Gasteiger partial charge in [0.25, 0.3) is 0 Å². The summed E-state index contributed by atoms with van der Waals surface area (Å²) in [4.78, 5) is 0. The van der Waals surface area contributed by atoms with Crippen LogP contribution in [0.1, 0.15) is 18.4 Å². The van der Waals surface area contributed by atoms with E-state index < -0.39 is 0 Å². The second kappa shape index (κ2) is 3.59. The molecular weight excluding hydrogens is 178 g/mol. The van der Waals surface area contributed by atoms with E-state index in [1.165, 1.54) is 0 Å². The predicted octanol–water partition coefficient (Wildman–Crippen LogP) is 1.01. The zero-order valence-electron chi connectivity index (χ0n) is 8.03. The molecule has 0 radical (unpaired) electrons. The number of nitrogens with one attached hydrogen (secondary N) is 1. The molecule has 0 unspecified atom stereocenters. The normalized spacial score (nSPS) is 18.1. The Morgan fingerprint density at radius 1 is 1.29 bits per heavy atom. The Bertz CT molecular complexity index is 321. The SMILES string of the molecule is OCC1(NCc2ccccc2O)CC1. The van der Waals surface area contributed by atoms with E-state index in [0.717, 1.165) is 18.4 Å². The first-order valence-corrected chi connectivity index (χ1v) is 4.88. The van der Waals surface area contributed by atoms with E-state index in [1.807, 2.05) is 12.1 Å². The molecule has 0 heterocycles. The maximum atomic E-state index is 9.50. The maximum Gasteiger partial charge on any atom is 0.120 e. The number of phenols is 1. The van der Waals surface area contributed by atoms with Crippen LogP contribution in [0.25, 0.3) is 0 Å². The first kappa shape index (κ1) is 9.49. The molecule has 1 saturated carbocycles. The highest BCUT2D eigenvalue weighted by atomic mass is 16.3. The quantitative estimate of drug-likeness (QED) is 0.669. The van der Waals surface area contributed by atoms with Crippen molar-refractivity contribution in [2.24, 2.45) is 0 Å². The lowest BCUT2D eigenvalue weighted by Crippen LogP contribution is -2.34. The number of phenolic OH excluding ortho intramolecular Hbond substituents is 1. The summed E-state index contributed by atoms with van der Waals surface area (Å²) < 4.78 is 0. The van der Waals surface area contributed by atoms with Crippen molar-refractivity contribution in [2.45, 2.75) is 24.9 Å². The Labute approximate surface area is 83.4 Å². The van der Waals surface area contributed by atoms with Gasteiger partial charge in [0.15, 0.2) is 0 Å².